The maximum absolute atomic E-state index is 13.0. The number of hydrogen-bond acceptors (Lipinski definition) is 5. The summed E-state index contributed by atoms with van der Waals surface area (Å²) in [5.74, 6) is 0.654. The smallest absolute Gasteiger partial charge is 0.229 e. The first kappa shape index (κ1) is 19.0. The third-order valence-corrected chi connectivity index (χ3v) is 7.08. The Morgan fingerprint density at radius 3 is 2.68 bits per heavy atom. The molecular formula is C22H21N3OS2. The maximum atomic E-state index is 13.0. The number of aryl methyl sites for hydroxylation is 1. The number of carbonyl (C=O) groups is 1. The summed E-state index contributed by atoms with van der Waals surface area (Å²) >= 11 is 3.27. The summed E-state index contributed by atoms with van der Waals surface area (Å²) in [4.78, 5) is 18.1. The zero-order valence-corrected chi connectivity index (χ0v) is 17.5. The zero-order valence-electron chi connectivity index (χ0n) is 15.9. The van der Waals surface area contributed by atoms with E-state index in [2.05, 4.69) is 48.2 Å². The number of nitrogens with zero attached hydrogens (tertiary/aromatic N) is 3. The van der Waals surface area contributed by atoms with E-state index in [1.807, 2.05) is 24.5 Å². The second-order valence-electron chi connectivity index (χ2n) is 6.98. The first-order chi connectivity index (χ1) is 13.6. The van der Waals surface area contributed by atoms with E-state index in [-0.39, 0.29) is 11.8 Å². The second kappa shape index (κ2) is 7.94. The van der Waals surface area contributed by atoms with Crippen LogP contribution >= 0.6 is 23.5 Å². The molecule has 28 heavy (non-hydrogen) atoms. The van der Waals surface area contributed by atoms with E-state index in [4.69, 9.17) is 0 Å². The van der Waals surface area contributed by atoms with E-state index >= 15 is 0 Å². The second-order valence-corrected chi connectivity index (χ2v) is 8.79. The van der Waals surface area contributed by atoms with Crippen LogP contribution in [0.5, 0.6) is 0 Å². The third-order valence-electron chi connectivity index (χ3n) is 5.18. The van der Waals surface area contributed by atoms with E-state index in [0.717, 1.165) is 22.2 Å². The summed E-state index contributed by atoms with van der Waals surface area (Å²) in [6, 6.07) is 18.9. The summed E-state index contributed by atoms with van der Waals surface area (Å²) in [6.45, 7) is 2.56. The van der Waals surface area contributed by atoms with Crippen LogP contribution in [-0.4, -0.2) is 29.6 Å². The Morgan fingerprint density at radius 1 is 1.21 bits per heavy atom. The number of anilines is 1. The highest BCUT2D eigenvalue weighted by Crippen LogP contribution is 2.43. The molecule has 1 fully saturated rings. The molecule has 2 aromatic carbocycles. The van der Waals surface area contributed by atoms with Crippen LogP contribution in [0.2, 0.25) is 0 Å². The van der Waals surface area contributed by atoms with Crippen molar-refractivity contribution < 1.29 is 4.79 Å². The van der Waals surface area contributed by atoms with Gasteiger partial charge in [-0.2, -0.15) is 5.26 Å². The number of rotatable bonds is 3. The van der Waals surface area contributed by atoms with Gasteiger partial charge < -0.3 is 4.90 Å². The molecule has 0 aliphatic carbocycles. The molecule has 0 spiro atoms. The number of nitriles is 1. The summed E-state index contributed by atoms with van der Waals surface area (Å²) < 4.78 is 0. The molecule has 0 unspecified atom stereocenters. The molecule has 1 saturated heterocycles. The van der Waals surface area contributed by atoms with Crippen LogP contribution in [0, 0.1) is 18.3 Å². The number of fused-ring (bicyclic) bond motifs is 1. The van der Waals surface area contributed by atoms with E-state index in [1.54, 1.807) is 28.4 Å². The standard InChI is InChI=1S/C22H21N3OS2/c1-15-4-3-5-17(10-15)24-13-25-21(26)11-19(20(12-23)22(25)28-14-24)16-6-8-18(27-2)9-7-16/h3-10,19H,11,13-14H2,1-2H3/t19-/m0/s1. The summed E-state index contributed by atoms with van der Waals surface area (Å²) in [5, 5.41) is 10.7. The molecule has 4 nitrogen and oxygen atoms in total. The Morgan fingerprint density at radius 2 is 2.00 bits per heavy atom. The Labute approximate surface area is 174 Å². The van der Waals surface area contributed by atoms with Gasteiger partial charge in [-0.1, -0.05) is 36.0 Å². The molecule has 0 aromatic heterocycles. The molecule has 6 heteroatoms. The van der Waals surface area contributed by atoms with E-state index in [0.29, 0.717) is 18.7 Å². The lowest BCUT2D eigenvalue weighted by atomic mass is 9.86. The monoisotopic (exact) mass is 407 g/mol. The minimum absolute atomic E-state index is 0.0813. The first-order valence-corrected chi connectivity index (χ1v) is 11.3. The summed E-state index contributed by atoms with van der Waals surface area (Å²) in [6.07, 6.45) is 2.38. The van der Waals surface area contributed by atoms with Gasteiger partial charge >= 0.3 is 0 Å². The first-order valence-electron chi connectivity index (χ1n) is 9.13. The Hall–Kier alpha value is -2.36. The van der Waals surface area contributed by atoms with Gasteiger partial charge in [0.25, 0.3) is 0 Å². The molecule has 2 aromatic rings. The molecule has 0 N–H and O–H groups in total. The molecule has 2 aliphatic heterocycles. The fourth-order valence-corrected chi connectivity index (χ4v) is 5.25. The molecule has 1 atom stereocenters. The third kappa shape index (κ3) is 3.52. The average Bonchev–Trinajstić information content (AvgIpc) is 2.73. The number of amides is 1. The topological polar surface area (TPSA) is 47.3 Å². The highest BCUT2D eigenvalue weighted by molar-refractivity contribution is 8.03. The Bertz CT molecular complexity index is 978. The van der Waals surface area contributed by atoms with Crippen LogP contribution in [0.1, 0.15) is 23.5 Å². The number of hydrogen-bond donors (Lipinski definition) is 0. The van der Waals surface area contributed by atoms with Gasteiger partial charge in [0.15, 0.2) is 0 Å². The quantitative estimate of drug-likeness (QED) is 0.675. The van der Waals surface area contributed by atoms with Gasteiger partial charge in [0.05, 0.1) is 29.2 Å². The lowest BCUT2D eigenvalue weighted by Crippen LogP contribution is -2.47. The van der Waals surface area contributed by atoms with E-state index < -0.39 is 0 Å². The van der Waals surface area contributed by atoms with Crippen molar-refractivity contribution in [1.82, 2.24) is 4.90 Å². The van der Waals surface area contributed by atoms with Crippen molar-refractivity contribution >= 4 is 35.1 Å². The van der Waals surface area contributed by atoms with Crippen LogP contribution < -0.4 is 4.90 Å². The van der Waals surface area contributed by atoms with Gasteiger partial charge in [-0.15, -0.1) is 11.8 Å². The zero-order chi connectivity index (χ0) is 19.7. The van der Waals surface area contributed by atoms with Crippen molar-refractivity contribution in [1.29, 1.82) is 5.26 Å². The molecule has 1 amide bonds. The summed E-state index contributed by atoms with van der Waals surface area (Å²) in [5.41, 5.74) is 4.05. The van der Waals surface area contributed by atoms with Crippen molar-refractivity contribution in [3.05, 3.63) is 70.3 Å². The lowest BCUT2D eigenvalue weighted by molar-refractivity contribution is -0.129. The van der Waals surface area contributed by atoms with E-state index in [1.165, 1.54) is 10.5 Å². The highest BCUT2D eigenvalue weighted by atomic mass is 32.2. The molecule has 0 saturated carbocycles. The minimum Gasteiger partial charge on any atom is -0.344 e. The number of thioether (sulfide) groups is 2. The van der Waals surface area contributed by atoms with Crippen molar-refractivity contribution in [2.24, 2.45) is 0 Å². The van der Waals surface area contributed by atoms with Gasteiger partial charge in [-0.05, 0) is 48.6 Å². The summed E-state index contributed by atoms with van der Waals surface area (Å²) in [7, 11) is 0. The molecule has 0 radical (unpaired) electrons. The number of allylic oxidation sites excluding steroid dienone is 1. The largest absolute Gasteiger partial charge is 0.344 e. The van der Waals surface area contributed by atoms with Crippen molar-refractivity contribution in [3.8, 4) is 6.07 Å². The SMILES string of the molecule is CSc1ccc([C@@H]2CC(=O)N3CN(c4cccc(C)c4)CSC3=C2C#N)cc1. The predicted octanol–water partition coefficient (Wildman–Crippen LogP) is 4.94. The number of carbonyl (C=O) groups excluding carboxylic acids is 1. The maximum Gasteiger partial charge on any atom is 0.229 e. The molecule has 142 valence electrons. The Balaban J connectivity index is 1.65. The normalized spacial score (nSPS) is 19.5. The predicted molar refractivity (Wildman–Crippen MR) is 116 cm³/mol. The van der Waals surface area contributed by atoms with Gasteiger partial charge in [0.2, 0.25) is 5.91 Å². The van der Waals surface area contributed by atoms with Gasteiger partial charge in [0, 0.05) is 22.9 Å². The minimum atomic E-state index is -0.155. The van der Waals surface area contributed by atoms with Gasteiger partial charge in [-0.25, -0.2) is 0 Å². The van der Waals surface area contributed by atoms with Crippen molar-refractivity contribution in [2.75, 3.05) is 23.7 Å². The van der Waals surface area contributed by atoms with Gasteiger partial charge in [-0.3, -0.25) is 9.69 Å². The number of benzene rings is 2. The van der Waals surface area contributed by atoms with Crippen LogP contribution in [-0.2, 0) is 4.79 Å². The van der Waals surface area contributed by atoms with Crippen LogP contribution in [0.4, 0.5) is 5.69 Å². The molecular weight excluding hydrogens is 386 g/mol. The molecule has 0 bridgehead atoms. The average molecular weight is 408 g/mol. The molecule has 2 aliphatic rings. The van der Waals surface area contributed by atoms with Crippen LogP contribution in [0.15, 0.2) is 64.0 Å². The molecule has 4 rings (SSSR count). The highest BCUT2D eigenvalue weighted by Gasteiger charge is 2.38. The van der Waals surface area contributed by atoms with Crippen LogP contribution in [0.25, 0.3) is 0 Å². The fourth-order valence-electron chi connectivity index (χ4n) is 3.67. The fraction of sp³-hybridized carbons (Fsp3) is 0.273. The van der Waals surface area contributed by atoms with Crippen molar-refractivity contribution in [3.63, 3.8) is 0 Å². The lowest BCUT2D eigenvalue weighted by Gasteiger charge is -2.42. The van der Waals surface area contributed by atoms with Crippen LogP contribution in [0.3, 0.4) is 0 Å². The molecule has 2 heterocycles. The Kier molecular flexibility index (Phi) is 5.38. The van der Waals surface area contributed by atoms with E-state index in [9.17, 15) is 10.1 Å². The van der Waals surface area contributed by atoms with Crippen molar-refractivity contribution in [2.45, 2.75) is 24.2 Å². The van der Waals surface area contributed by atoms with Gasteiger partial charge in [0.1, 0.15) is 0 Å².